The Balaban J connectivity index is 0.000000154. The van der Waals surface area contributed by atoms with Crippen molar-refractivity contribution in [3.63, 3.8) is 0 Å². The quantitative estimate of drug-likeness (QED) is 0.113. The van der Waals surface area contributed by atoms with Crippen LogP contribution < -0.4 is 20.9 Å². The number of H-pyrrole nitrogens is 1. The molecule has 0 aliphatic carbocycles. The van der Waals surface area contributed by atoms with Crippen LogP contribution in [0, 0.1) is 0 Å². The molecule has 12 rings (SSSR count). The number of hydrogen-bond donors (Lipinski definition) is 3. The maximum Gasteiger partial charge on any atom is 0.248 e. The van der Waals surface area contributed by atoms with Gasteiger partial charge in [-0.15, -0.1) is 0 Å². The van der Waals surface area contributed by atoms with Crippen LogP contribution in [0.4, 0.5) is 11.4 Å². The van der Waals surface area contributed by atoms with Crippen molar-refractivity contribution >= 4 is 55.2 Å². The molecule has 8 aromatic heterocycles. The molecule has 0 bridgehead atoms. The summed E-state index contributed by atoms with van der Waals surface area (Å²) >= 11 is 0. The van der Waals surface area contributed by atoms with Crippen LogP contribution in [0.1, 0.15) is 34.3 Å². The van der Waals surface area contributed by atoms with Gasteiger partial charge in [-0.2, -0.15) is 0 Å². The predicted molar refractivity (Wildman–Crippen MR) is 280 cm³/mol. The molecule has 71 heavy (non-hydrogen) atoms. The van der Waals surface area contributed by atoms with E-state index >= 15 is 0 Å². The lowest BCUT2D eigenvalue weighted by Gasteiger charge is -2.22. The molecule has 2 atom stereocenters. The van der Waals surface area contributed by atoms with Gasteiger partial charge in [0.05, 0.1) is 41.3 Å². The van der Waals surface area contributed by atoms with Crippen LogP contribution in [0.3, 0.4) is 0 Å². The summed E-state index contributed by atoms with van der Waals surface area (Å²) in [6.07, 6.45) is 21.6. The minimum atomic E-state index is -0.275. The molecule has 0 saturated heterocycles. The van der Waals surface area contributed by atoms with E-state index in [4.69, 9.17) is 4.74 Å². The normalized spacial score (nSPS) is 12.1. The van der Waals surface area contributed by atoms with Gasteiger partial charge in [0.1, 0.15) is 0 Å². The standard InChI is InChI=1S/C29H24N6O.C28H22N6O/c1-35-13-8-19-5-6-20(14-26(19)35)24-16-23(17-25-29(24)33-12-11-31-25)34-28(22-4-3-9-30-18-22)21-7-10-32-27(15-21)36-2;1-34-12-7-18-4-5-19(13-25(18)34)23-15-22(16-24-28(23)32-11-10-30-24)33-27(21-3-2-8-29-17-21)20-6-9-31-26(35)14-20/h3-18,28,34H,1-2H3;2-17,27,33H,1H3,(H,31,35). The summed E-state index contributed by atoms with van der Waals surface area (Å²) in [5.41, 5.74) is 15.2. The molecule has 14 heteroatoms. The highest BCUT2D eigenvalue weighted by Gasteiger charge is 2.20. The highest BCUT2D eigenvalue weighted by molar-refractivity contribution is 5.98. The van der Waals surface area contributed by atoms with E-state index in [-0.39, 0.29) is 17.6 Å². The smallest absolute Gasteiger partial charge is 0.248 e. The van der Waals surface area contributed by atoms with Gasteiger partial charge in [-0.05, 0) is 117 Å². The average Bonchev–Trinajstić information content (AvgIpc) is 3.99. The summed E-state index contributed by atoms with van der Waals surface area (Å²) in [4.78, 5) is 46.2. The summed E-state index contributed by atoms with van der Waals surface area (Å²) in [5.74, 6) is 0.559. The van der Waals surface area contributed by atoms with Crippen LogP contribution in [-0.2, 0) is 14.1 Å². The fraction of sp³-hybridized carbons (Fsp3) is 0.0877. The third-order valence-corrected chi connectivity index (χ3v) is 12.6. The SMILES string of the molecule is COc1cc(C(Nc2cc(-c3ccc4ccn(C)c4c3)c3nccnc3c2)c2cccnc2)ccn1.Cn1ccc2ccc(-c3cc(NC(c4cccnc4)c4cc[nH]c(=O)c4)cc4nccnc34)cc21. The Morgan fingerprint density at radius 1 is 0.521 bits per heavy atom. The van der Waals surface area contributed by atoms with Gasteiger partial charge in [0.2, 0.25) is 11.4 Å². The third kappa shape index (κ3) is 9.12. The fourth-order valence-corrected chi connectivity index (χ4v) is 9.12. The first kappa shape index (κ1) is 44.0. The number of aromatic nitrogens is 10. The van der Waals surface area contributed by atoms with Gasteiger partial charge in [0.15, 0.2) is 0 Å². The van der Waals surface area contributed by atoms with Crippen molar-refractivity contribution in [2.75, 3.05) is 17.7 Å². The van der Waals surface area contributed by atoms with Crippen LogP contribution in [0.2, 0.25) is 0 Å². The Morgan fingerprint density at radius 2 is 1.06 bits per heavy atom. The lowest BCUT2D eigenvalue weighted by atomic mass is 9.98. The molecule has 8 heterocycles. The first-order chi connectivity index (χ1) is 34.8. The van der Waals surface area contributed by atoms with Gasteiger partial charge >= 0.3 is 0 Å². The summed E-state index contributed by atoms with van der Waals surface area (Å²) in [6.45, 7) is 0. The maximum atomic E-state index is 12.1. The average molecular weight is 931 g/mol. The Kier molecular flexibility index (Phi) is 11.9. The van der Waals surface area contributed by atoms with Crippen LogP contribution in [0.15, 0.2) is 200 Å². The third-order valence-electron chi connectivity index (χ3n) is 12.6. The molecule has 2 unspecified atom stereocenters. The lowest BCUT2D eigenvalue weighted by molar-refractivity contribution is 0.397. The monoisotopic (exact) mass is 930 g/mol. The highest BCUT2D eigenvalue weighted by Crippen LogP contribution is 2.37. The Hall–Kier alpha value is -9.56. The van der Waals surface area contributed by atoms with Gasteiger partial charge < -0.3 is 29.5 Å². The fourth-order valence-electron chi connectivity index (χ4n) is 9.12. The van der Waals surface area contributed by atoms with E-state index in [2.05, 4.69) is 146 Å². The molecule has 0 spiro atoms. The van der Waals surface area contributed by atoms with E-state index < -0.39 is 0 Å². The number of nitrogens with one attached hydrogen (secondary N) is 3. The number of aryl methyl sites for hydroxylation is 2. The number of methoxy groups -OCH3 is 1. The number of fused-ring (bicyclic) bond motifs is 4. The molecule has 12 aromatic rings. The largest absolute Gasteiger partial charge is 0.481 e. The van der Waals surface area contributed by atoms with E-state index in [1.165, 1.54) is 16.3 Å². The highest BCUT2D eigenvalue weighted by atomic mass is 16.5. The van der Waals surface area contributed by atoms with Gasteiger partial charge in [0.25, 0.3) is 0 Å². The van der Waals surface area contributed by atoms with Gasteiger partial charge in [-0.3, -0.25) is 34.7 Å². The van der Waals surface area contributed by atoms with Crippen molar-refractivity contribution < 1.29 is 4.74 Å². The molecule has 346 valence electrons. The number of anilines is 2. The van der Waals surface area contributed by atoms with E-state index in [1.54, 1.807) is 62.8 Å². The van der Waals surface area contributed by atoms with Crippen molar-refractivity contribution in [2.24, 2.45) is 14.1 Å². The number of ether oxygens (including phenoxy) is 1. The number of hydrogen-bond acceptors (Lipinski definition) is 11. The molecule has 3 N–H and O–H groups in total. The molecular formula is C57H46N12O2. The number of nitrogens with zero attached hydrogens (tertiary/aromatic N) is 9. The van der Waals surface area contributed by atoms with Gasteiger partial charge in [-0.25, -0.2) is 4.98 Å². The lowest BCUT2D eigenvalue weighted by Crippen LogP contribution is -2.16. The van der Waals surface area contributed by atoms with Crippen LogP contribution >= 0.6 is 0 Å². The molecule has 0 radical (unpaired) electrons. The van der Waals surface area contributed by atoms with E-state index in [1.807, 2.05) is 68.0 Å². The first-order valence-corrected chi connectivity index (χ1v) is 23.0. The molecule has 4 aromatic carbocycles. The van der Waals surface area contributed by atoms with Crippen molar-refractivity contribution in [3.8, 4) is 28.1 Å². The van der Waals surface area contributed by atoms with Crippen molar-refractivity contribution in [3.05, 3.63) is 228 Å². The number of benzene rings is 4. The summed E-state index contributed by atoms with van der Waals surface area (Å²) in [5, 5.41) is 9.72. The van der Waals surface area contributed by atoms with Crippen LogP contribution in [-0.4, -0.2) is 56.1 Å². The minimum absolute atomic E-state index is 0.154. The zero-order chi connectivity index (χ0) is 48.3. The zero-order valence-corrected chi connectivity index (χ0v) is 39.0. The molecule has 0 aliphatic heterocycles. The Labute approximate surface area is 407 Å². The van der Waals surface area contributed by atoms with Gasteiger partial charge in [-0.1, -0.05) is 36.4 Å². The van der Waals surface area contributed by atoms with Crippen molar-refractivity contribution in [1.82, 2.24) is 49.0 Å². The second-order valence-electron chi connectivity index (χ2n) is 17.1. The summed E-state index contributed by atoms with van der Waals surface area (Å²) in [7, 11) is 5.72. The minimum Gasteiger partial charge on any atom is -0.481 e. The van der Waals surface area contributed by atoms with Crippen LogP contribution in [0.25, 0.3) is 66.1 Å². The molecule has 14 nitrogen and oxygen atoms in total. The topological polar surface area (TPSA) is 166 Å². The number of rotatable bonds is 11. The second kappa shape index (κ2) is 19.2. The summed E-state index contributed by atoms with van der Waals surface area (Å²) < 4.78 is 9.63. The second-order valence-corrected chi connectivity index (χ2v) is 17.1. The predicted octanol–water partition coefficient (Wildman–Crippen LogP) is 10.9. The number of pyridine rings is 4. The molecular weight excluding hydrogens is 885 g/mol. The Morgan fingerprint density at radius 3 is 1.56 bits per heavy atom. The first-order valence-electron chi connectivity index (χ1n) is 23.0. The summed E-state index contributed by atoms with van der Waals surface area (Å²) in [6, 6.07) is 40.3. The van der Waals surface area contributed by atoms with E-state index in [0.717, 1.165) is 83.5 Å². The van der Waals surface area contributed by atoms with Gasteiger partial charge in [0, 0.05) is 134 Å². The zero-order valence-electron chi connectivity index (χ0n) is 39.0. The van der Waals surface area contributed by atoms with Crippen molar-refractivity contribution in [2.45, 2.75) is 12.1 Å². The molecule has 0 saturated carbocycles. The van der Waals surface area contributed by atoms with Crippen molar-refractivity contribution in [1.29, 1.82) is 0 Å². The molecule has 0 fully saturated rings. The van der Waals surface area contributed by atoms with E-state index in [0.29, 0.717) is 5.88 Å². The molecule has 0 amide bonds. The Bertz CT molecular complexity index is 3910. The van der Waals surface area contributed by atoms with E-state index in [9.17, 15) is 4.79 Å². The maximum absolute atomic E-state index is 12.1. The number of aromatic amines is 1. The van der Waals surface area contributed by atoms with Crippen LogP contribution in [0.5, 0.6) is 5.88 Å². The molecule has 0 aliphatic rings.